The van der Waals surface area contributed by atoms with Crippen molar-refractivity contribution < 1.29 is 61.2 Å². The molecule has 2 aromatic rings. The minimum Gasteiger partial charge on any atom is -0.475 e. The maximum atomic E-state index is 13.5. The largest absolute Gasteiger partial charge is 0.490 e. The predicted molar refractivity (Wildman–Crippen MR) is 137 cm³/mol. The van der Waals surface area contributed by atoms with Crippen molar-refractivity contribution in [3.63, 3.8) is 0 Å². The van der Waals surface area contributed by atoms with E-state index in [9.17, 15) is 37.5 Å². The Morgan fingerprint density at radius 3 is 2.40 bits per heavy atom. The minimum atomic E-state index is -5.08. The molecule has 6 N–H and O–H groups in total. The molecule has 0 radical (unpaired) electrons. The number of aliphatic carboxylic acids is 1. The normalized spacial score (nSPS) is 24.0. The number of hydrogen-bond acceptors (Lipinski definition) is 12. The number of carbonyl (C=O) groups is 2. The summed E-state index contributed by atoms with van der Waals surface area (Å²) < 4.78 is 67.9. The topological polar surface area (TPSA) is 222 Å². The number of hydrogen-bond donors (Lipinski definition) is 5. The molecule has 0 saturated carbocycles. The van der Waals surface area contributed by atoms with Crippen molar-refractivity contribution >= 4 is 25.5 Å². The third-order valence-electron chi connectivity index (χ3n) is 5.47. The van der Waals surface area contributed by atoms with E-state index in [1.165, 1.54) is 38.2 Å². The molecule has 0 bridgehead atoms. The lowest BCUT2D eigenvalue weighted by molar-refractivity contribution is -0.192. The summed E-state index contributed by atoms with van der Waals surface area (Å²) in [5, 5.41) is 31.2. The molecule has 15 nitrogen and oxygen atoms in total. The fraction of sp³-hybridized carbons (Fsp3) is 0.478. The van der Waals surface area contributed by atoms with Gasteiger partial charge in [-0.05, 0) is 39.0 Å². The van der Waals surface area contributed by atoms with Crippen LogP contribution in [0.15, 0.2) is 47.4 Å². The van der Waals surface area contributed by atoms with Crippen LogP contribution >= 0.6 is 7.75 Å². The number of carboxylic acids is 1. The molecule has 1 unspecified atom stereocenters. The number of halogens is 3. The van der Waals surface area contributed by atoms with E-state index in [2.05, 4.69) is 10.1 Å². The van der Waals surface area contributed by atoms with Gasteiger partial charge in [-0.2, -0.15) is 23.2 Å². The third kappa shape index (κ3) is 9.23. The maximum Gasteiger partial charge on any atom is 0.490 e. The Hall–Kier alpha value is -3.54. The average molecular weight is 626 g/mol. The molecule has 0 amide bonds. The number of carboxylic acid groups (broad SMARTS) is 1. The zero-order chi connectivity index (χ0) is 31.9. The van der Waals surface area contributed by atoms with Gasteiger partial charge in [-0.1, -0.05) is 18.2 Å². The Kier molecular flexibility index (Phi) is 11.6. The Morgan fingerprint density at radius 1 is 1.29 bits per heavy atom. The first-order valence-electron chi connectivity index (χ1n) is 12.1. The highest BCUT2D eigenvalue weighted by atomic mass is 31.2. The maximum absolute atomic E-state index is 13.5. The highest BCUT2D eigenvalue weighted by molar-refractivity contribution is 7.52. The molecule has 0 aliphatic carbocycles. The highest BCUT2D eigenvalue weighted by Gasteiger charge is 2.54. The molecule has 19 heteroatoms. The zero-order valence-electron chi connectivity index (χ0n) is 22.4. The molecule has 1 fully saturated rings. The molecule has 3 rings (SSSR count). The van der Waals surface area contributed by atoms with Crippen LogP contribution < -0.4 is 21.0 Å². The van der Waals surface area contributed by atoms with E-state index in [0.717, 1.165) is 4.57 Å². The van der Waals surface area contributed by atoms with Gasteiger partial charge in [-0.15, -0.1) is 0 Å². The van der Waals surface area contributed by atoms with Crippen molar-refractivity contribution in [3.8, 4) is 5.75 Å². The summed E-state index contributed by atoms with van der Waals surface area (Å²) in [5.41, 5.74) is 2.77. The summed E-state index contributed by atoms with van der Waals surface area (Å²) in [7, 11) is -4.22. The molecule has 1 aromatic carbocycles. The first kappa shape index (κ1) is 34.7. The molecule has 1 aliphatic heterocycles. The van der Waals surface area contributed by atoms with Crippen LogP contribution in [0.25, 0.3) is 0 Å². The summed E-state index contributed by atoms with van der Waals surface area (Å²) >= 11 is 0. The van der Waals surface area contributed by atoms with Crippen LogP contribution in [0, 0.1) is 0 Å². The summed E-state index contributed by atoms with van der Waals surface area (Å²) in [4.78, 5) is 36.8. The lowest BCUT2D eigenvalue weighted by Crippen LogP contribution is -2.46. The smallest absolute Gasteiger partial charge is 0.475 e. The van der Waals surface area contributed by atoms with Crippen molar-refractivity contribution in [2.45, 2.75) is 57.0 Å². The Bertz CT molecular complexity index is 1330. The summed E-state index contributed by atoms with van der Waals surface area (Å²) in [6.45, 7) is 3.91. The van der Waals surface area contributed by atoms with E-state index in [0.29, 0.717) is 0 Å². The second kappa shape index (κ2) is 14.1. The quantitative estimate of drug-likeness (QED) is 0.185. The molecule has 6 atom stereocenters. The van der Waals surface area contributed by atoms with Crippen LogP contribution in [-0.4, -0.2) is 80.1 Å². The van der Waals surface area contributed by atoms with E-state index in [-0.39, 0.29) is 18.2 Å². The number of carbonyl (C=O) groups excluding carboxylic acids is 1. The monoisotopic (exact) mass is 626 g/mol. The van der Waals surface area contributed by atoms with E-state index < -0.39 is 68.2 Å². The molecule has 1 saturated heterocycles. The van der Waals surface area contributed by atoms with Crippen LogP contribution in [0.1, 0.15) is 27.0 Å². The molecule has 2 heterocycles. The van der Waals surface area contributed by atoms with E-state index >= 15 is 0 Å². The standard InChI is InChI=1S/C21H29N4O9P.C2HF3O2/c1-4-31-18(27)13(2)24-35(30,34-14-8-6-5-7-9-14)32-12-15-17(26)21(3,29)19(33-15)25-11-10-16(22)23-20(25)28;3-2(4,5)1(6)7/h5-11,13,15,17,19,26,29H,4,12H2,1-3H3,(H,24,30)(H2,22,23,28);(H,6,7)/t13-,15+,17+,19+,21+,35?;/m0./s1. The number of aliphatic hydroxyl groups is 2. The van der Waals surface area contributed by atoms with E-state index in [1.807, 2.05) is 0 Å². The predicted octanol–water partition coefficient (Wildman–Crippen LogP) is 1.21. The average Bonchev–Trinajstić information content (AvgIpc) is 3.11. The van der Waals surface area contributed by atoms with Crippen molar-refractivity contribution in [2.24, 2.45) is 0 Å². The lowest BCUT2D eigenvalue weighted by atomic mass is 9.96. The van der Waals surface area contributed by atoms with Gasteiger partial charge in [0.1, 0.15) is 35.4 Å². The van der Waals surface area contributed by atoms with Gasteiger partial charge in [0.15, 0.2) is 6.23 Å². The number of nitrogens with zero attached hydrogens (tertiary/aromatic N) is 2. The minimum absolute atomic E-state index is 0.0230. The number of para-hydroxylation sites is 1. The number of benzene rings is 1. The Morgan fingerprint density at radius 2 is 1.88 bits per heavy atom. The van der Waals surface area contributed by atoms with Crippen LogP contribution in [0.5, 0.6) is 5.75 Å². The molecule has 1 aromatic heterocycles. The Labute approximate surface area is 236 Å². The highest BCUT2D eigenvalue weighted by Crippen LogP contribution is 2.46. The number of rotatable bonds is 10. The van der Waals surface area contributed by atoms with Crippen molar-refractivity contribution in [3.05, 3.63) is 53.1 Å². The molecule has 42 heavy (non-hydrogen) atoms. The van der Waals surface area contributed by atoms with Crippen molar-refractivity contribution in [1.29, 1.82) is 0 Å². The second-order valence-electron chi connectivity index (χ2n) is 8.84. The summed E-state index contributed by atoms with van der Waals surface area (Å²) in [6, 6.07) is 8.38. The van der Waals surface area contributed by atoms with Crippen LogP contribution in [0.3, 0.4) is 0 Å². The van der Waals surface area contributed by atoms with Gasteiger partial charge >= 0.3 is 31.6 Å². The van der Waals surface area contributed by atoms with Gasteiger partial charge in [0, 0.05) is 6.20 Å². The van der Waals surface area contributed by atoms with Crippen LogP contribution in [0.2, 0.25) is 0 Å². The lowest BCUT2D eigenvalue weighted by Gasteiger charge is -2.27. The molecule has 234 valence electrons. The number of anilines is 1. The number of nitrogens with one attached hydrogen (secondary N) is 1. The van der Waals surface area contributed by atoms with Gasteiger partial charge in [0.2, 0.25) is 0 Å². The molecular weight excluding hydrogens is 596 g/mol. The number of nitrogens with two attached hydrogens (primary N) is 1. The summed E-state index contributed by atoms with van der Waals surface area (Å²) in [6.07, 6.45) is -7.94. The number of ether oxygens (including phenoxy) is 2. The first-order valence-corrected chi connectivity index (χ1v) is 13.6. The van der Waals surface area contributed by atoms with Crippen molar-refractivity contribution in [1.82, 2.24) is 14.6 Å². The van der Waals surface area contributed by atoms with E-state index in [1.54, 1.807) is 25.1 Å². The van der Waals surface area contributed by atoms with Gasteiger partial charge in [0.25, 0.3) is 0 Å². The fourth-order valence-electron chi connectivity index (χ4n) is 3.42. The van der Waals surface area contributed by atoms with Crippen LogP contribution in [0.4, 0.5) is 19.0 Å². The SMILES string of the molecule is CCOC(=O)[C@H](C)NP(=O)(OC[C@H]1O[C@@H](n2ccc(N)nc2=O)[C@](C)(O)[C@@H]1O)Oc1ccccc1.O=C(O)C(F)(F)F. The van der Waals surface area contributed by atoms with Crippen LogP contribution in [-0.2, 0) is 28.2 Å². The number of aliphatic hydroxyl groups excluding tert-OH is 1. The fourth-order valence-corrected chi connectivity index (χ4v) is 4.92. The zero-order valence-corrected chi connectivity index (χ0v) is 23.3. The van der Waals surface area contributed by atoms with Gasteiger partial charge in [-0.3, -0.25) is 13.9 Å². The molecule has 0 spiro atoms. The molecular formula is C23H30F3N4O11P. The number of aromatic nitrogens is 2. The van der Waals surface area contributed by atoms with E-state index in [4.69, 9.17) is 34.2 Å². The van der Waals surface area contributed by atoms with Gasteiger partial charge in [-0.25, -0.2) is 14.2 Å². The third-order valence-corrected chi connectivity index (χ3v) is 7.11. The van der Waals surface area contributed by atoms with Crippen molar-refractivity contribution in [2.75, 3.05) is 18.9 Å². The number of esters is 1. The number of alkyl halides is 3. The molecule has 1 aliphatic rings. The Balaban J connectivity index is 0.000000782. The number of nitrogen functional groups attached to an aromatic ring is 1. The van der Waals surface area contributed by atoms with Gasteiger partial charge < -0.3 is 35.1 Å². The second-order valence-corrected chi connectivity index (χ2v) is 10.5. The van der Waals surface area contributed by atoms with Gasteiger partial charge in [0.05, 0.1) is 13.2 Å². The summed E-state index contributed by atoms with van der Waals surface area (Å²) in [5.74, 6) is -3.27. The first-order chi connectivity index (χ1) is 19.4.